The molecule has 114 valence electrons. The first-order chi connectivity index (χ1) is 10.1. The fourth-order valence-corrected chi connectivity index (χ4v) is 2.25. The molecule has 0 bridgehead atoms. The van der Waals surface area contributed by atoms with Crippen LogP contribution in [0.4, 0.5) is 10.5 Å². The zero-order valence-electron chi connectivity index (χ0n) is 12.0. The van der Waals surface area contributed by atoms with E-state index in [1.54, 1.807) is 36.1 Å². The summed E-state index contributed by atoms with van der Waals surface area (Å²) in [5.41, 5.74) is 1.05. The SMILES string of the molecule is CCOC(=O)c1ccc(NC(=O)N2CCCC(O)C2)cc1. The Balaban J connectivity index is 1.93. The molecule has 2 amide bonds. The molecule has 0 aliphatic carbocycles. The Morgan fingerprint density at radius 1 is 1.38 bits per heavy atom. The highest BCUT2D eigenvalue weighted by molar-refractivity contribution is 5.92. The van der Waals surface area contributed by atoms with E-state index >= 15 is 0 Å². The van der Waals surface area contributed by atoms with Gasteiger partial charge in [-0.1, -0.05) is 0 Å². The number of hydrogen-bond donors (Lipinski definition) is 2. The average molecular weight is 292 g/mol. The van der Waals surface area contributed by atoms with Crippen LogP contribution in [0.1, 0.15) is 30.1 Å². The molecule has 1 heterocycles. The van der Waals surface area contributed by atoms with E-state index in [1.807, 2.05) is 0 Å². The van der Waals surface area contributed by atoms with E-state index in [4.69, 9.17) is 4.74 Å². The summed E-state index contributed by atoms with van der Waals surface area (Å²) in [6.45, 7) is 3.07. The molecule has 0 aromatic heterocycles. The van der Waals surface area contributed by atoms with Crippen molar-refractivity contribution in [3.05, 3.63) is 29.8 Å². The van der Waals surface area contributed by atoms with Crippen LogP contribution >= 0.6 is 0 Å². The molecule has 6 nitrogen and oxygen atoms in total. The summed E-state index contributed by atoms with van der Waals surface area (Å²) in [6.07, 6.45) is 1.09. The number of amides is 2. The van der Waals surface area contributed by atoms with Crippen molar-refractivity contribution in [3.63, 3.8) is 0 Å². The Labute approximate surface area is 123 Å². The lowest BCUT2D eigenvalue weighted by Gasteiger charge is -2.30. The van der Waals surface area contributed by atoms with Crippen molar-refractivity contribution in [2.24, 2.45) is 0 Å². The van der Waals surface area contributed by atoms with E-state index in [0.29, 0.717) is 30.9 Å². The molecule has 1 aliphatic heterocycles. The van der Waals surface area contributed by atoms with Crippen LogP contribution in [0, 0.1) is 0 Å². The number of carbonyl (C=O) groups excluding carboxylic acids is 2. The number of nitrogens with one attached hydrogen (secondary N) is 1. The first-order valence-corrected chi connectivity index (χ1v) is 7.11. The minimum Gasteiger partial charge on any atom is -0.462 e. The molecule has 6 heteroatoms. The monoisotopic (exact) mass is 292 g/mol. The number of piperidine rings is 1. The van der Waals surface area contributed by atoms with Crippen LogP contribution in [-0.2, 0) is 4.74 Å². The summed E-state index contributed by atoms with van der Waals surface area (Å²) >= 11 is 0. The van der Waals surface area contributed by atoms with Gasteiger partial charge in [0.15, 0.2) is 0 Å². The van der Waals surface area contributed by atoms with Gasteiger partial charge < -0.3 is 20.1 Å². The van der Waals surface area contributed by atoms with E-state index in [-0.39, 0.29) is 12.0 Å². The van der Waals surface area contributed by atoms with Gasteiger partial charge in [-0.2, -0.15) is 0 Å². The first-order valence-electron chi connectivity index (χ1n) is 7.11. The Hall–Kier alpha value is -2.08. The Morgan fingerprint density at radius 2 is 2.10 bits per heavy atom. The van der Waals surface area contributed by atoms with Crippen molar-refractivity contribution in [2.45, 2.75) is 25.9 Å². The molecule has 1 unspecified atom stereocenters. The third-order valence-electron chi connectivity index (χ3n) is 3.33. The van der Waals surface area contributed by atoms with E-state index in [1.165, 1.54) is 0 Å². The quantitative estimate of drug-likeness (QED) is 0.833. The van der Waals surface area contributed by atoms with Crippen LogP contribution in [0.5, 0.6) is 0 Å². The lowest BCUT2D eigenvalue weighted by atomic mass is 10.1. The van der Waals surface area contributed by atoms with Crippen LogP contribution in [0.15, 0.2) is 24.3 Å². The van der Waals surface area contributed by atoms with Crippen molar-refractivity contribution in [1.82, 2.24) is 4.90 Å². The largest absolute Gasteiger partial charge is 0.462 e. The molecule has 0 spiro atoms. The van der Waals surface area contributed by atoms with Gasteiger partial charge in [0.05, 0.1) is 18.3 Å². The van der Waals surface area contributed by atoms with Crippen molar-refractivity contribution in [1.29, 1.82) is 0 Å². The fraction of sp³-hybridized carbons (Fsp3) is 0.467. The molecule has 1 aromatic carbocycles. The topological polar surface area (TPSA) is 78.9 Å². The number of likely N-dealkylation sites (tertiary alicyclic amines) is 1. The maximum Gasteiger partial charge on any atom is 0.338 e. The molecule has 1 fully saturated rings. The Bertz CT molecular complexity index is 501. The van der Waals surface area contributed by atoms with Gasteiger partial charge in [-0.3, -0.25) is 0 Å². The number of esters is 1. The standard InChI is InChI=1S/C15H20N2O4/c1-2-21-14(19)11-5-7-12(8-6-11)16-15(20)17-9-3-4-13(18)10-17/h5-8,13,18H,2-4,9-10H2,1H3,(H,16,20). The molecule has 2 N–H and O–H groups in total. The summed E-state index contributed by atoms with van der Waals surface area (Å²) in [5.74, 6) is -0.380. The van der Waals surface area contributed by atoms with Crippen LogP contribution in [-0.4, -0.2) is 47.8 Å². The molecule has 21 heavy (non-hydrogen) atoms. The van der Waals surface area contributed by atoms with Gasteiger partial charge in [-0.25, -0.2) is 9.59 Å². The third-order valence-corrected chi connectivity index (χ3v) is 3.33. The molecular weight excluding hydrogens is 272 g/mol. The Kier molecular flexibility index (Phi) is 5.16. The normalized spacial score (nSPS) is 18.2. The zero-order chi connectivity index (χ0) is 15.2. The van der Waals surface area contributed by atoms with Gasteiger partial charge in [-0.05, 0) is 44.0 Å². The molecule has 0 radical (unpaired) electrons. The van der Waals surface area contributed by atoms with Crippen molar-refractivity contribution < 1.29 is 19.4 Å². The predicted molar refractivity (Wildman–Crippen MR) is 78.2 cm³/mol. The van der Waals surface area contributed by atoms with Crippen molar-refractivity contribution in [3.8, 4) is 0 Å². The van der Waals surface area contributed by atoms with Crippen LogP contribution in [0.3, 0.4) is 0 Å². The molecular formula is C15H20N2O4. The molecule has 1 aromatic rings. The summed E-state index contributed by atoms with van der Waals surface area (Å²) < 4.78 is 4.89. The highest BCUT2D eigenvalue weighted by Gasteiger charge is 2.22. The number of aliphatic hydroxyl groups excluding tert-OH is 1. The predicted octanol–water partition coefficient (Wildman–Crippen LogP) is 1.85. The van der Waals surface area contributed by atoms with Crippen molar-refractivity contribution >= 4 is 17.7 Å². The molecule has 1 aliphatic rings. The smallest absolute Gasteiger partial charge is 0.338 e. The molecule has 1 atom stereocenters. The fourth-order valence-electron chi connectivity index (χ4n) is 2.25. The van der Waals surface area contributed by atoms with E-state index in [9.17, 15) is 14.7 Å². The number of hydrogen-bond acceptors (Lipinski definition) is 4. The van der Waals surface area contributed by atoms with Gasteiger partial charge >= 0.3 is 12.0 Å². The second-order valence-corrected chi connectivity index (χ2v) is 4.97. The first kappa shape index (κ1) is 15.3. The second kappa shape index (κ2) is 7.08. The van der Waals surface area contributed by atoms with Crippen LogP contribution < -0.4 is 5.32 Å². The number of nitrogens with zero attached hydrogens (tertiary/aromatic N) is 1. The van der Waals surface area contributed by atoms with Gasteiger partial charge in [0.2, 0.25) is 0 Å². The minimum atomic E-state index is -0.448. The third kappa shape index (κ3) is 4.19. The average Bonchev–Trinajstić information content (AvgIpc) is 2.48. The molecule has 1 saturated heterocycles. The van der Waals surface area contributed by atoms with Crippen molar-refractivity contribution in [2.75, 3.05) is 25.0 Å². The number of β-amino-alcohol motifs (C(OH)–C–C–N with tert-alkyl or cyclic N) is 1. The number of rotatable bonds is 3. The molecule has 0 saturated carbocycles. The van der Waals surface area contributed by atoms with E-state index in [2.05, 4.69) is 5.32 Å². The van der Waals surface area contributed by atoms with Crippen LogP contribution in [0.25, 0.3) is 0 Å². The van der Waals surface area contributed by atoms with Gasteiger partial charge in [0.1, 0.15) is 0 Å². The number of anilines is 1. The number of carbonyl (C=O) groups is 2. The second-order valence-electron chi connectivity index (χ2n) is 4.97. The lowest BCUT2D eigenvalue weighted by Crippen LogP contribution is -2.44. The summed E-state index contributed by atoms with van der Waals surface area (Å²) in [4.78, 5) is 25.2. The Morgan fingerprint density at radius 3 is 2.71 bits per heavy atom. The number of aliphatic hydroxyl groups is 1. The van der Waals surface area contributed by atoms with Gasteiger partial charge in [0, 0.05) is 18.8 Å². The minimum absolute atomic E-state index is 0.238. The number of ether oxygens (including phenoxy) is 1. The zero-order valence-corrected chi connectivity index (χ0v) is 12.0. The summed E-state index contributed by atoms with van der Waals surface area (Å²) in [6, 6.07) is 6.30. The number of benzene rings is 1. The van der Waals surface area contributed by atoms with Gasteiger partial charge in [-0.15, -0.1) is 0 Å². The summed E-state index contributed by atoms with van der Waals surface area (Å²) in [5, 5.41) is 12.3. The van der Waals surface area contributed by atoms with Crippen LogP contribution in [0.2, 0.25) is 0 Å². The molecule has 2 rings (SSSR count). The maximum atomic E-state index is 12.0. The van der Waals surface area contributed by atoms with E-state index < -0.39 is 6.10 Å². The number of urea groups is 1. The van der Waals surface area contributed by atoms with E-state index in [0.717, 1.165) is 12.8 Å². The van der Waals surface area contributed by atoms with Gasteiger partial charge in [0.25, 0.3) is 0 Å². The maximum absolute atomic E-state index is 12.0. The highest BCUT2D eigenvalue weighted by atomic mass is 16.5. The lowest BCUT2D eigenvalue weighted by molar-refractivity contribution is 0.0526. The summed E-state index contributed by atoms with van der Waals surface area (Å²) in [7, 11) is 0. The highest BCUT2D eigenvalue weighted by Crippen LogP contribution is 2.14.